The summed E-state index contributed by atoms with van der Waals surface area (Å²) in [6, 6.07) is 16.3. The SMILES string of the molecule is CNC(=O)CCc1cccc(NC(=O)N2CCC[C@H](c3cccc(C)c3)C2)c1. The van der Waals surface area contributed by atoms with Gasteiger partial charge in [0.25, 0.3) is 0 Å². The Morgan fingerprint density at radius 1 is 1.14 bits per heavy atom. The molecule has 3 amide bonds. The van der Waals surface area contributed by atoms with Crippen molar-refractivity contribution in [1.82, 2.24) is 10.2 Å². The summed E-state index contributed by atoms with van der Waals surface area (Å²) >= 11 is 0. The highest BCUT2D eigenvalue weighted by molar-refractivity contribution is 5.89. The molecule has 1 fully saturated rings. The fraction of sp³-hybridized carbons (Fsp3) is 0.391. The molecule has 0 unspecified atom stereocenters. The summed E-state index contributed by atoms with van der Waals surface area (Å²) in [7, 11) is 1.64. The minimum atomic E-state index is -0.0548. The number of carbonyl (C=O) groups is 2. The third-order valence-electron chi connectivity index (χ3n) is 5.32. The van der Waals surface area contributed by atoms with Crippen molar-refractivity contribution in [2.24, 2.45) is 0 Å². The predicted octanol–water partition coefficient (Wildman–Crippen LogP) is 4.09. The summed E-state index contributed by atoms with van der Waals surface area (Å²) in [6.07, 6.45) is 3.22. The molecule has 2 N–H and O–H groups in total. The molecule has 2 aromatic carbocycles. The van der Waals surface area contributed by atoms with Crippen molar-refractivity contribution in [2.75, 3.05) is 25.5 Å². The molecule has 0 aliphatic carbocycles. The van der Waals surface area contributed by atoms with Crippen LogP contribution in [0.25, 0.3) is 0 Å². The molecule has 28 heavy (non-hydrogen) atoms. The van der Waals surface area contributed by atoms with E-state index in [0.717, 1.165) is 37.2 Å². The van der Waals surface area contributed by atoms with Gasteiger partial charge in [-0.1, -0.05) is 42.0 Å². The number of amides is 3. The quantitative estimate of drug-likeness (QED) is 0.822. The van der Waals surface area contributed by atoms with Crippen LogP contribution in [-0.4, -0.2) is 37.0 Å². The fourth-order valence-electron chi connectivity index (χ4n) is 3.75. The average Bonchev–Trinajstić information content (AvgIpc) is 2.72. The van der Waals surface area contributed by atoms with Gasteiger partial charge >= 0.3 is 6.03 Å². The molecule has 0 aromatic heterocycles. The monoisotopic (exact) mass is 379 g/mol. The second kappa shape index (κ2) is 9.40. The normalized spacial score (nSPS) is 16.5. The highest BCUT2D eigenvalue weighted by atomic mass is 16.2. The smallest absolute Gasteiger partial charge is 0.321 e. The number of likely N-dealkylation sites (tertiary alicyclic amines) is 1. The molecular formula is C23H29N3O2. The van der Waals surface area contributed by atoms with Crippen molar-refractivity contribution in [1.29, 1.82) is 0 Å². The standard InChI is InChI=1S/C23H29N3O2/c1-17-6-3-8-19(14-17)20-9-5-13-26(16-20)23(28)25-21-10-4-7-18(15-21)11-12-22(27)24-2/h3-4,6-8,10,14-15,20H,5,9,11-13,16H2,1-2H3,(H,24,27)(H,25,28)/t20-/m0/s1. The van der Waals surface area contributed by atoms with Crippen molar-refractivity contribution in [3.8, 4) is 0 Å². The van der Waals surface area contributed by atoms with Gasteiger partial charge in [-0.3, -0.25) is 4.79 Å². The summed E-state index contributed by atoms with van der Waals surface area (Å²) in [5.74, 6) is 0.406. The molecule has 0 spiro atoms. The van der Waals surface area contributed by atoms with E-state index in [4.69, 9.17) is 0 Å². The van der Waals surface area contributed by atoms with Crippen LogP contribution in [0.3, 0.4) is 0 Å². The summed E-state index contributed by atoms with van der Waals surface area (Å²) in [4.78, 5) is 26.1. The molecule has 148 valence electrons. The lowest BCUT2D eigenvalue weighted by Crippen LogP contribution is -2.41. The van der Waals surface area contributed by atoms with Crippen molar-refractivity contribution in [2.45, 2.75) is 38.5 Å². The van der Waals surface area contributed by atoms with Crippen LogP contribution in [0.4, 0.5) is 10.5 Å². The first-order chi connectivity index (χ1) is 13.5. The van der Waals surface area contributed by atoms with Crippen LogP contribution in [-0.2, 0) is 11.2 Å². The predicted molar refractivity (Wildman–Crippen MR) is 113 cm³/mol. The maximum absolute atomic E-state index is 12.8. The number of nitrogens with one attached hydrogen (secondary N) is 2. The molecule has 5 heteroatoms. The van der Waals surface area contributed by atoms with Crippen molar-refractivity contribution >= 4 is 17.6 Å². The maximum atomic E-state index is 12.8. The number of aryl methyl sites for hydroxylation is 2. The van der Waals surface area contributed by atoms with Crippen LogP contribution in [0.15, 0.2) is 48.5 Å². The van der Waals surface area contributed by atoms with E-state index in [2.05, 4.69) is 41.8 Å². The van der Waals surface area contributed by atoms with Gasteiger partial charge in [0.05, 0.1) is 0 Å². The Labute approximate surface area is 167 Å². The first-order valence-electron chi connectivity index (χ1n) is 9.97. The molecular weight excluding hydrogens is 350 g/mol. The molecule has 1 atom stereocenters. The Balaban J connectivity index is 1.60. The second-order valence-electron chi connectivity index (χ2n) is 7.50. The van der Waals surface area contributed by atoms with Gasteiger partial charge in [-0.05, 0) is 49.4 Å². The van der Waals surface area contributed by atoms with E-state index in [1.54, 1.807) is 7.05 Å². The lowest BCUT2D eigenvalue weighted by molar-refractivity contribution is -0.120. The minimum absolute atomic E-state index is 0.0185. The van der Waals surface area contributed by atoms with Crippen LogP contribution in [0.1, 0.15) is 41.9 Å². The molecule has 1 heterocycles. The Hall–Kier alpha value is -2.82. The van der Waals surface area contributed by atoms with Gasteiger partial charge < -0.3 is 15.5 Å². The Kier molecular flexibility index (Phi) is 6.69. The Morgan fingerprint density at radius 3 is 2.75 bits per heavy atom. The van der Waals surface area contributed by atoms with E-state index in [1.807, 2.05) is 29.2 Å². The lowest BCUT2D eigenvalue weighted by atomic mass is 9.90. The Bertz CT molecular complexity index is 834. The van der Waals surface area contributed by atoms with E-state index in [-0.39, 0.29) is 11.9 Å². The zero-order chi connectivity index (χ0) is 19.9. The molecule has 0 bridgehead atoms. The van der Waals surface area contributed by atoms with E-state index in [1.165, 1.54) is 11.1 Å². The summed E-state index contributed by atoms with van der Waals surface area (Å²) in [5, 5.41) is 5.65. The second-order valence-corrected chi connectivity index (χ2v) is 7.50. The topological polar surface area (TPSA) is 61.4 Å². The molecule has 5 nitrogen and oxygen atoms in total. The minimum Gasteiger partial charge on any atom is -0.359 e. The van der Waals surface area contributed by atoms with Gasteiger partial charge in [0.1, 0.15) is 0 Å². The summed E-state index contributed by atoms with van der Waals surface area (Å²) in [6.45, 7) is 3.63. The summed E-state index contributed by atoms with van der Waals surface area (Å²) < 4.78 is 0. The van der Waals surface area contributed by atoms with Crippen LogP contribution >= 0.6 is 0 Å². The zero-order valence-electron chi connectivity index (χ0n) is 16.7. The summed E-state index contributed by atoms with van der Waals surface area (Å²) in [5.41, 5.74) is 4.39. The van der Waals surface area contributed by atoms with Gasteiger partial charge in [0, 0.05) is 38.2 Å². The zero-order valence-corrected chi connectivity index (χ0v) is 16.7. The van der Waals surface area contributed by atoms with Gasteiger partial charge in [0.2, 0.25) is 5.91 Å². The number of hydrogen-bond acceptors (Lipinski definition) is 2. The molecule has 1 aliphatic heterocycles. The fourth-order valence-corrected chi connectivity index (χ4v) is 3.75. The molecule has 1 aliphatic rings. The highest BCUT2D eigenvalue weighted by Crippen LogP contribution is 2.28. The molecule has 0 saturated carbocycles. The molecule has 3 rings (SSSR count). The van der Waals surface area contributed by atoms with Gasteiger partial charge in [-0.25, -0.2) is 4.79 Å². The highest BCUT2D eigenvalue weighted by Gasteiger charge is 2.24. The number of piperidine rings is 1. The molecule has 0 radical (unpaired) electrons. The van der Waals surface area contributed by atoms with Gasteiger partial charge in [-0.2, -0.15) is 0 Å². The first kappa shape index (κ1) is 19.9. The largest absolute Gasteiger partial charge is 0.359 e. The third kappa shape index (κ3) is 5.35. The number of carbonyl (C=O) groups excluding carboxylic acids is 2. The molecule has 1 saturated heterocycles. The number of benzene rings is 2. The van der Waals surface area contributed by atoms with Crippen LogP contribution < -0.4 is 10.6 Å². The average molecular weight is 380 g/mol. The molecule has 2 aromatic rings. The van der Waals surface area contributed by atoms with Crippen molar-refractivity contribution in [3.05, 3.63) is 65.2 Å². The van der Waals surface area contributed by atoms with Crippen molar-refractivity contribution in [3.63, 3.8) is 0 Å². The lowest BCUT2D eigenvalue weighted by Gasteiger charge is -2.33. The Morgan fingerprint density at radius 2 is 1.96 bits per heavy atom. The van der Waals surface area contributed by atoms with Gasteiger partial charge in [0.15, 0.2) is 0 Å². The maximum Gasteiger partial charge on any atom is 0.321 e. The van der Waals surface area contributed by atoms with E-state index < -0.39 is 0 Å². The van der Waals surface area contributed by atoms with Crippen molar-refractivity contribution < 1.29 is 9.59 Å². The van der Waals surface area contributed by atoms with E-state index in [0.29, 0.717) is 18.8 Å². The number of hydrogen-bond donors (Lipinski definition) is 2. The van der Waals surface area contributed by atoms with Crippen LogP contribution in [0, 0.1) is 6.92 Å². The van der Waals surface area contributed by atoms with Crippen LogP contribution in [0.2, 0.25) is 0 Å². The van der Waals surface area contributed by atoms with E-state index in [9.17, 15) is 9.59 Å². The van der Waals surface area contributed by atoms with E-state index >= 15 is 0 Å². The van der Waals surface area contributed by atoms with Gasteiger partial charge in [-0.15, -0.1) is 0 Å². The third-order valence-corrected chi connectivity index (χ3v) is 5.32. The number of urea groups is 1. The number of rotatable bonds is 5. The van der Waals surface area contributed by atoms with Crippen LogP contribution in [0.5, 0.6) is 0 Å². The number of anilines is 1. The first-order valence-corrected chi connectivity index (χ1v) is 9.97. The number of nitrogens with zero attached hydrogens (tertiary/aromatic N) is 1.